The molecule has 1 aliphatic rings. The van der Waals surface area contributed by atoms with E-state index < -0.39 is 13.0 Å². The normalized spacial score (nSPS) is 14.8. The van der Waals surface area contributed by atoms with Crippen molar-refractivity contribution >= 4 is 5.91 Å². The minimum Gasteiger partial charge on any atom is -0.472 e. The zero-order valence-corrected chi connectivity index (χ0v) is 13.5. The first-order chi connectivity index (χ1) is 12.1. The minimum atomic E-state index is -2.56. The van der Waals surface area contributed by atoms with E-state index in [1.807, 2.05) is 0 Å². The van der Waals surface area contributed by atoms with Crippen molar-refractivity contribution in [1.29, 1.82) is 0 Å². The highest BCUT2D eigenvalue weighted by Crippen LogP contribution is 2.20. The molecule has 3 rings (SSSR count). The highest BCUT2D eigenvalue weighted by molar-refractivity contribution is 5.78. The Morgan fingerprint density at radius 1 is 1.36 bits per heavy atom. The first-order valence-corrected chi connectivity index (χ1v) is 8.09. The summed E-state index contributed by atoms with van der Waals surface area (Å²) in [6, 6.07) is 3.25. The van der Waals surface area contributed by atoms with Gasteiger partial charge in [-0.25, -0.2) is 13.8 Å². The van der Waals surface area contributed by atoms with Gasteiger partial charge in [-0.05, 0) is 18.9 Å². The summed E-state index contributed by atoms with van der Waals surface area (Å²) < 4.78 is 34.1. The summed E-state index contributed by atoms with van der Waals surface area (Å²) in [5.41, 5.74) is 0.513. The molecule has 1 N–H and O–H groups in total. The predicted molar refractivity (Wildman–Crippen MR) is 83.1 cm³/mol. The highest BCUT2D eigenvalue weighted by atomic mass is 19.3. The van der Waals surface area contributed by atoms with Crippen LogP contribution in [0.1, 0.15) is 31.5 Å². The topological polar surface area (TPSA) is 90.1 Å². The van der Waals surface area contributed by atoms with Gasteiger partial charge in [-0.15, -0.1) is 0 Å². The van der Waals surface area contributed by atoms with Gasteiger partial charge in [0.05, 0.1) is 12.0 Å². The largest absolute Gasteiger partial charge is 0.472 e. The number of hydrogen-bond donors (Lipinski definition) is 1. The average molecular weight is 352 g/mol. The molecule has 0 unspecified atom stereocenters. The fourth-order valence-electron chi connectivity index (χ4n) is 2.68. The number of nitrogens with one attached hydrogen (secondary N) is 1. The number of pyridine rings is 1. The van der Waals surface area contributed by atoms with Crippen LogP contribution in [-0.2, 0) is 11.2 Å². The van der Waals surface area contributed by atoms with Crippen LogP contribution in [-0.4, -0.2) is 40.1 Å². The Labute approximate surface area is 142 Å². The lowest BCUT2D eigenvalue weighted by atomic mass is 10.2. The zero-order chi connectivity index (χ0) is 17.6. The van der Waals surface area contributed by atoms with Crippen LogP contribution in [0, 0.1) is 0 Å². The molecule has 1 aliphatic carbocycles. The van der Waals surface area contributed by atoms with Gasteiger partial charge in [0.15, 0.2) is 12.4 Å². The van der Waals surface area contributed by atoms with Gasteiger partial charge >= 0.3 is 0 Å². The van der Waals surface area contributed by atoms with Crippen molar-refractivity contribution in [1.82, 2.24) is 20.4 Å². The van der Waals surface area contributed by atoms with E-state index >= 15 is 0 Å². The predicted octanol–water partition coefficient (Wildman–Crippen LogP) is 2.38. The number of nitrogens with zero attached hydrogens (tertiary/aromatic N) is 3. The molecule has 9 heteroatoms. The van der Waals surface area contributed by atoms with Crippen molar-refractivity contribution in [3.63, 3.8) is 0 Å². The van der Waals surface area contributed by atoms with E-state index in [2.05, 4.69) is 20.4 Å². The summed E-state index contributed by atoms with van der Waals surface area (Å²) in [4.78, 5) is 20.0. The van der Waals surface area contributed by atoms with Crippen LogP contribution >= 0.6 is 0 Å². The maximum absolute atomic E-state index is 12.1. The average Bonchev–Trinajstić information content (AvgIpc) is 3.25. The molecule has 2 heterocycles. The van der Waals surface area contributed by atoms with E-state index in [1.165, 1.54) is 12.3 Å². The van der Waals surface area contributed by atoms with Crippen molar-refractivity contribution in [3.05, 3.63) is 24.2 Å². The van der Waals surface area contributed by atoms with Gasteiger partial charge in [-0.2, -0.15) is 4.98 Å². The SMILES string of the molecule is O=C(Cc1noc(-c2ccc(OCC(F)F)nc2)n1)NC1CCCC1. The van der Waals surface area contributed by atoms with Gasteiger partial charge < -0.3 is 14.6 Å². The summed E-state index contributed by atoms with van der Waals surface area (Å²) >= 11 is 0. The number of rotatable bonds is 7. The Kier molecular flexibility index (Phi) is 5.52. The molecule has 2 aromatic heterocycles. The van der Waals surface area contributed by atoms with Crippen LogP contribution in [0.3, 0.4) is 0 Å². The van der Waals surface area contributed by atoms with E-state index in [0.29, 0.717) is 5.56 Å². The molecule has 1 fully saturated rings. The van der Waals surface area contributed by atoms with Crippen LogP contribution in [0.4, 0.5) is 8.78 Å². The molecule has 0 aliphatic heterocycles. The molecule has 7 nitrogen and oxygen atoms in total. The lowest BCUT2D eigenvalue weighted by molar-refractivity contribution is -0.121. The maximum atomic E-state index is 12.1. The van der Waals surface area contributed by atoms with E-state index in [9.17, 15) is 13.6 Å². The first-order valence-electron chi connectivity index (χ1n) is 8.09. The Bertz CT molecular complexity index is 700. The molecular formula is C16H18F2N4O3. The standard InChI is InChI=1S/C16H18F2N4O3/c17-12(18)9-24-15-6-5-10(8-19-15)16-21-13(22-25-16)7-14(23)20-11-3-1-2-4-11/h5-6,8,11-12H,1-4,7,9H2,(H,20,23). The summed E-state index contributed by atoms with van der Waals surface area (Å²) in [5, 5.41) is 6.74. The molecule has 1 amide bonds. The molecule has 0 spiro atoms. The zero-order valence-electron chi connectivity index (χ0n) is 13.5. The number of carbonyl (C=O) groups is 1. The van der Waals surface area contributed by atoms with Gasteiger partial charge in [0.2, 0.25) is 11.8 Å². The van der Waals surface area contributed by atoms with Gasteiger partial charge in [0.1, 0.15) is 0 Å². The second-order valence-electron chi connectivity index (χ2n) is 5.83. The van der Waals surface area contributed by atoms with Crippen LogP contribution in [0.25, 0.3) is 11.5 Å². The number of ether oxygens (including phenoxy) is 1. The molecule has 0 saturated heterocycles. The summed E-state index contributed by atoms with van der Waals surface area (Å²) in [6.45, 7) is -0.715. The Morgan fingerprint density at radius 2 is 2.16 bits per heavy atom. The molecule has 134 valence electrons. The number of amides is 1. The molecule has 0 radical (unpaired) electrons. The van der Waals surface area contributed by atoms with Crippen molar-refractivity contribution in [2.45, 2.75) is 44.6 Å². The van der Waals surface area contributed by atoms with Crippen molar-refractivity contribution in [2.24, 2.45) is 0 Å². The number of alkyl halides is 2. The third-order valence-corrected chi connectivity index (χ3v) is 3.85. The van der Waals surface area contributed by atoms with Crippen molar-refractivity contribution in [3.8, 4) is 17.3 Å². The van der Waals surface area contributed by atoms with Crippen molar-refractivity contribution in [2.75, 3.05) is 6.61 Å². The smallest absolute Gasteiger partial charge is 0.272 e. The fourth-order valence-corrected chi connectivity index (χ4v) is 2.68. The van der Waals surface area contributed by atoms with Crippen LogP contribution in [0.2, 0.25) is 0 Å². The molecule has 25 heavy (non-hydrogen) atoms. The Morgan fingerprint density at radius 3 is 2.84 bits per heavy atom. The van der Waals surface area contributed by atoms with E-state index in [1.54, 1.807) is 6.07 Å². The maximum Gasteiger partial charge on any atom is 0.272 e. The lowest BCUT2D eigenvalue weighted by Crippen LogP contribution is -2.33. The first kappa shape index (κ1) is 17.2. The number of carbonyl (C=O) groups excluding carboxylic acids is 1. The van der Waals surface area contributed by atoms with Gasteiger partial charge in [-0.3, -0.25) is 4.79 Å². The van der Waals surface area contributed by atoms with E-state index in [-0.39, 0.29) is 36.0 Å². The lowest BCUT2D eigenvalue weighted by Gasteiger charge is -2.10. The summed E-state index contributed by atoms with van der Waals surface area (Å²) in [7, 11) is 0. The molecule has 0 atom stereocenters. The minimum absolute atomic E-state index is 0.0447. The number of hydrogen-bond acceptors (Lipinski definition) is 6. The highest BCUT2D eigenvalue weighted by Gasteiger charge is 2.19. The monoisotopic (exact) mass is 352 g/mol. The number of halogens is 2. The van der Waals surface area contributed by atoms with E-state index in [4.69, 9.17) is 9.26 Å². The van der Waals surface area contributed by atoms with Crippen LogP contribution in [0.15, 0.2) is 22.9 Å². The van der Waals surface area contributed by atoms with Crippen LogP contribution in [0.5, 0.6) is 5.88 Å². The third kappa shape index (κ3) is 4.94. The molecule has 0 aromatic carbocycles. The van der Waals surface area contributed by atoms with Gasteiger partial charge in [-0.1, -0.05) is 18.0 Å². The fraction of sp³-hybridized carbons (Fsp3) is 0.500. The second-order valence-corrected chi connectivity index (χ2v) is 5.83. The Hall–Kier alpha value is -2.58. The summed E-state index contributed by atoms with van der Waals surface area (Å²) in [5.74, 6) is 0.438. The molecular weight excluding hydrogens is 334 g/mol. The van der Waals surface area contributed by atoms with Crippen molar-refractivity contribution < 1.29 is 22.8 Å². The van der Waals surface area contributed by atoms with Gasteiger partial charge in [0.25, 0.3) is 12.3 Å². The quantitative estimate of drug-likeness (QED) is 0.823. The molecule has 1 saturated carbocycles. The Balaban J connectivity index is 1.56. The molecule has 2 aromatic rings. The van der Waals surface area contributed by atoms with Crippen LogP contribution < -0.4 is 10.1 Å². The third-order valence-electron chi connectivity index (χ3n) is 3.85. The summed E-state index contributed by atoms with van der Waals surface area (Å²) in [6.07, 6.45) is 3.17. The molecule has 0 bridgehead atoms. The number of aromatic nitrogens is 3. The van der Waals surface area contributed by atoms with Gasteiger partial charge in [0, 0.05) is 18.3 Å². The van der Waals surface area contributed by atoms with E-state index in [0.717, 1.165) is 25.7 Å². The second kappa shape index (κ2) is 8.00.